The van der Waals surface area contributed by atoms with Crippen molar-refractivity contribution in [1.82, 2.24) is 5.32 Å². The summed E-state index contributed by atoms with van der Waals surface area (Å²) in [5, 5.41) is 3.31. The average Bonchev–Trinajstić information content (AvgIpc) is 2.67. The Balaban J connectivity index is 1.89. The van der Waals surface area contributed by atoms with E-state index in [2.05, 4.69) is 5.32 Å². The molecule has 1 spiro atoms. The Kier molecular flexibility index (Phi) is 1.87. The van der Waals surface area contributed by atoms with Crippen LogP contribution in [0.1, 0.15) is 24.3 Å². The van der Waals surface area contributed by atoms with Gasteiger partial charge in [-0.3, -0.25) is 0 Å². The smallest absolute Gasteiger partial charge is 0.129 e. The molecule has 15 heavy (non-hydrogen) atoms. The standard InChI is InChI=1S/C12H13F2N/c13-8-1-2-9(11(14)5-8)10-6-12(10)3-4-15-7-12/h1-2,5,10,15H,3-4,6-7H2/t10-,12-/m0/s1. The summed E-state index contributed by atoms with van der Waals surface area (Å²) in [6.45, 7) is 2.01. The summed E-state index contributed by atoms with van der Waals surface area (Å²) < 4.78 is 26.3. The first-order chi connectivity index (χ1) is 7.21. The third-order valence-corrected chi connectivity index (χ3v) is 3.80. The second-order valence-electron chi connectivity index (χ2n) is 4.71. The van der Waals surface area contributed by atoms with Crippen molar-refractivity contribution in [2.24, 2.45) is 5.41 Å². The second kappa shape index (κ2) is 3.01. The molecule has 0 bridgehead atoms. The van der Waals surface area contributed by atoms with Crippen molar-refractivity contribution >= 4 is 0 Å². The maximum absolute atomic E-state index is 13.5. The lowest BCUT2D eigenvalue weighted by molar-refractivity contribution is 0.526. The van der Waals surface area contributed by atoms with Crippen LogP contribution in [0.25, 0.3) is 0 Å². The third-order valence-electron chi connectivity index (χ3n) is 3.80. The van der Waals surface area contributed by atoms with E-state index < -0.39 is 5.82 Å². The van der Waals surface area contributed by atoms with Crippen LogP contribution in [0.2, 0.25) is 0 Å². The molecule has 1 saturated carbocycles. The van der Waals surface area contributed by atoms with Crippen molar-refractivity contribution in [3.63, 3.8) is 0 Å². The summed E-state index contributed by atoms with van der Waals surface area (Å²) in [7, 11) is 0. The first-order valence-electron chi connectivity index (χ1n) is 5.37. The monoisotopic (exact) mass is 209 g/mol. The highest BCUT2D eigenvalue weighted by atomic mass is 19.1. The molecule has 2 aliphatic rings. The molecular formula is C12H13F2N. The Hall–Kier alpha value is -0.960. The van der Waals surface area contributed by atoms with E-state index in [-0.39, 0.29) is 11.2 Å². The van der Waals surface area contributed by atoms with Gasteiger partial charge in [0, 0.05) is 12.6 Å². The normalized spacial score (nSPS) is 33.6. The Morgan fingerprint density at radius 2 is 2.20 bits per heavy atom. The van der Waals surface area contributed by atoms with Gasteiger partial charge >= 0.3 is 0 Å². The quantitative estimate of drug-likeness (QED) is 0.749. The summed E-state index contributed by atoms with van der Waals surface area (Å²) in [4.78, 5) is 0. The maximum atomic E-state index is 13.5. The summed E-state index contributed by atoms with van der Waals surface area (Å²) in [5.41, 5.74) is 0.971. The molecule has 3 heteroatoms. The van der Waals surface area contributed by atoms with E-state index >= 15 is 0 Å². The lowest BCUT2D eigenvalue weighted by Gasteiger charge is -2.08. The molecule has 2 fully saturated rings. The fourth-order valence-electron chi connectivity index (χ4n) is 2.81. The van der Waals surface area contributed by atoms with Crippen LogP contribution in [0.5, 0.6) is 0 Å². The fourth-order valence-corrected chi connectivity index (χ4v) is 2.81. The van der Waals surface area contributed by atoms with Crippen LogP contribution in [0.15, 0.2) is 18.2 Å². The summed E-state index contributed by atoms with van der Waals surface area (Å²) in [5.74, 6) is -0.577. The molecular weight excluding hydrogens is 196 g/mol. The van der Waals surface area contributed by atoms with Crippen LogP contribution in [0.3, 0.4) is 0 Å². The zero-order valence-corrected chi connectivity index (χ0v) is 8.39. The highest BCUT2D eigenvalue weighted by molar-refractivity contribution is 5.32. The number of halogens is 2. The minimum Gasteiger partial charge on any atom is -0.316 e. The Morgan fingerprint density at radius 1 is 1.33 bits per heavy atom. The Labute approximate surface area is 87.5 Å². The van der Waals surface area contributed by atoms with E-state index in [1.54, 1.807) is 6.07 Å². The summed E-state index contributed by atoms with van der Waals surface area (Å²) in [6.07, 6.45) is 2.16. The Bertz CT molecular complexity index is 397. The Morgan fingerprint density at radius 3 is 2.87 bits per heavy atom. The predicted octanol–water partition coefficient (Wildman–Crippen LogP) is 2.43. The largest absolute Gasteiger partial charge is 0.316 e. The third kappa shape index (κ3) is 1.37. The molecule has 1 aromatic carbocycles. The minimum atomic E-state index is -0.490. The zero-order chi connectivity index (χ0) is 10.5. The van der Waals surface area contributed by atoms with E-state index in [1.165, 1.54) is 6.07 Å². The number of hydrogen-bond acceptors (Lipinski definition) is 1. The van der Waals surface area contributed by atoms with Crippen molar-refractivity contribution in [3.8, 4) is 0 Å². The van der Waals surface area contributed by atoms with E-state index in [4.69, 9.17) is 0 Å². The maximum Gasteiger partial charge on any atom is 0.129 e. The molecule has 1 aliphatic carbocycles. The number of nitrogens with one attached hydrogen (secondary N) is 1. The van der Waals surface area contributed by atoms with Crippen molar-refractivity contribution < 1.29 is 8.78 Å². The number of hydrogen-bond donors (Lipinski definition) is 1. The van der Waals surface area contributed by atoms with E-state index in [9.17, 15) is 8.78 Å². The van der Waals surface area contributed by atoms with Crippen LogP contribution >= 0.6 is 0 Å². The van der Waals surface area contributed by atoms with Crippen molar-refractivity contribution in [2.45, 2.75) is 18.8 Å². The van der Waals surface area contributed by atoms with Gasteiger partial charge in [0.25, 0.3) is 0 Å². The molecule has 2 atom stereocenters. The van der Waals surface area contributed by atoms with Gasteiger partial charge in [-0.25, -0.2) is 8.78 Å². The molecule has 0 aromatic heterocycles. The van der Waals surface area contributed by atoms with Crippen molar-refractivity contribution in [2.75, 3.05) is 13.1 Å². The molecule has 80 valence electrons. The van der Waals surface area contributed by atoms with Crippen LogP contribution < -0.4 is 5.32 Å². The first-order valence-corrected chi connectivity index (χ1v) is 5.37. The summed E-state index contributed by atoms with van der Waals surface area (Å²) >= 11 is 0. The van der Waals surface area contributed by atoms with Gasteiger partial charge in [0.15, 0.2) is 0 Å². The molecule has 3 rings (SSSR count). The van der Waals surface area contributed by atoms with Gasteiger partial charge in [-0.05, 0) is 42.3 Å². The van der Waals surface area contributed by atoms with Gasteiger partial charge in [0.05, 0.1) is 0 Å². The van der Waals surface area contributed by atoms with E-state index in [0.717, 1.165) is 32.0 Å². The zero-order valence-electron chi connectivity index (χ0n) is 8.39. The molecule has 1 heterocycles. The van der Waals surface area contributed by atoms with Gasteiger partial charge in [0.1, 0.15) is 11.6 Å². The van der Waals surface area contributed by atoms with Crippen molar-refractivity contribution in [3.05, 3.63) is 35.4 Å². The lowest BCUT2D eigenvalue weighted by atomic mass is 9.98. The molecule has 1 aliphatic heterocycles. The van der Waals surface area contributed by atoms with Gasteiger partial charge in [-0.1, -0.05) is 6.07 Å². The molecule has 1 N–H and O–H groups in total. The molecule has 1 nitrogen and oxygen atoms in total. The van der Waals surface area contributed by atoms with Gasteiger partial charge in [0.2, 0.25) is 0 Å². The van der Waals surface area contributed by atoms with Gasteiger partial charge < -0.3 is 5.32 Å². The van der Waals surface area contributed by atoms with Crippen LogP contribution in [-0.2, 0) is 0 Å². The topological polar surface area (TPSA) is 12.0 Å². The van der Waals surface area contributed by atoms with Crippen LogP contribution in [-0.4, -0.2) is 13.1 Å². The molecule has 1 aromatic rings. The minimum absolute atomic E-state index is 0.276. The average molecular weight is 209 g/mol. The predicted molar refractivity (Wildman–Crippen MR) is 53.6 cm³/mol. The molecule has 0 unspecified atom stereocenters. The molecule has 1 saturated heterocycles. The van der Waals surface area contributed by atoms with E-state index in [1.807, 2.05) is 0 Å². The van der Waals surface area contributed by atoms with Crippen molar-refractivity contribution in [1.29, 1.82) is 0 Å². The number of benzene rings is 1. The molecule has 0 amide bonds. The second-order valence-corrected chi connectivity index (χ2v) is 4.71. The highest BCUT2D eigenvalue weighted by Gasteiger charge is 2.56. The number of rotatable bonds is 1. The fraction of sp³-hybridized carbons (Fsp3) is 0.500. The highest BCUT2D eigenvalue weighted by Crippen LogP contribution is 2.62. The molecule has 0 radical (unpaired) electrons. The van der Waals surface area contributed by atoms with Crippen LogP contribution in [0.4, 0.5) is 8.78 Å². The van der Waals surface area contributed by atoms with Crippen LogP contribution in [0, 0.1) is 17.0 Å². The first kappa shape index (κ1) is 9.28. The lowest BCUT2D eigenvalue weighted by Crippen LogP contribution is -2.11. The summed E-state index contributed by atoms with van der Waals surface area (Å²) in [6, 6.07) is 3.94. The van der Waals surface area contributed by atoms with Gasteiger partial charge in [-0.2, -0.15) is 0 Å². The van der Waals surface area contributed by atoms with Gasteiger partial charge in [-0.15, -0.1) is 0 Å². The van der Waals surface area contributed by atoms with E-state index in [0.29, 0.717) is 11.5 Å². The SMILES string of the molecule is Fc1ccc([C@@H]2C[C@]23CCNC3)c(F)c1.